The van der Waals surface area contributed by atoms with Crippen molar-refractivity contribution in [1.82, 2.24) is 4.98 Å². The van der Waals surface area contributed by atoms with E-state index in [2.05, 4.69) is 28.9 Å². The van der Waals surface area contributed by atoms with Gasteiger partial charge in [-0.25, -0.2) is 0 Å². The topological polar surface area (TPSA) is 42.2 Å². The molecular formula is C15H19N3. The standard InChI is InChI=1S/C15H19N3/c1-3-18(11-13-7-9-17-10-8-13)14-6-4-5-12(2)15(14)16/h4-10H,3,11,16H2,1-2H3. The molecule has 2 rings (SSSR count). The first-order valence-electron chi connectivity index (χ1n) is 6.21. The summed E-state index contributed by atoms with van der Waals surface area (Å²) in [6, 6.07) is 10.2. The first-order valence-corrected chi connectivity index (χ1v) is 6.21. The van der Waals surface area contributed by atoms with Crippen molar-refractivity contribution in [2.75, 3.05) is 17.2 Å². The van der Waals surface area contributed by atoms with Crippen molar-refractivity contribution in [3.8, 4) is 0 Å². The lowest BCUT2D eigenvalue weighted by Crippen LogP contribution is -2.23. The Labute approximate surface area is 108 Å². The van der Waals surface area contributed by atoms with Crippen molar-refractivity contribution < 1.29 is 0 Å². The number of nitrogens with two attached hydrogens (primary N) is 1. The van der Waals surface area contributed by atoms with Crippen LogP contribution in [0.1, 0.15) is 18.1 Å². The molecule has 0 amide bonds. The maximum Gasteiger partial charge on any atom is 0.0605 e. The van der Waals surface area contributed by atoms with E-state index in [4.69, 9.17) is 5.73 Å². The SMILES string of the molecule is CCN(Cc1ccncc1)c1cccc(C)c1N. The van der Waals surface area contributed by atoms with E-state index in [-0.39, 0.29) is 0 Å². The van der Waals surface area contributed by atoms with Gasteiger partial charge < -0.3 is 10.6 Å². The van der Waals surface area contributed by atoms with Crippen LogP contribution in [0.3, 0.4) is 0 Å². The maximum absolute atomic E-state index is 6.16. The van der Waals surface area contributed by atoms with E-state index in [1.54, 1.807) is 0 Å². The molecule has 2 N–H and O–H groups in total. The minimum atomic E-state index is 0.854. The molecule has 0 fully saturated rings. The third-order valence-corrected chi connectivity index (χ3v) is 3.15. The summed E-state index contributed by atoms with van der Waals surface area (Å²) in [6.45, 7) is 5.96. The minimum Gasteiger partial charge on any atom is -0.397 e. The van der Waals surface area contributed by atoms with Gasteiger partial charge in [-0.15, -0.1) is 0 Å². The number of nitrogen functional groups attached to an aromatic ring is 1. The van der Waals surface area contributed by atoms with Gasteiger partial charge in [-0.3, -0.25) is 4.98 Å². The van der Waals surface area contributed by atoms with Crippen LogP contribution in [-0.2, 0) is 6.54 Å². The summed E-state index contributed by atoms with van der Waals surface area (Å²) in [5, 5.41) is 0. The minimum absolute atomic E-state index is 0.854. The molecule has 0 saturated carbocycles. The van der Waals surface area contributed by atoms with E-state index in [0.717, 1.165) is 30.0 Å². The summed E-state index contributed by atoms with van der Waals surface area (Å²) in [5.41, 5.74) is 10.5. The van der Waals surface area contributed by atoms with Crippen molar-refractivity contribution in [2.24, 2.45) is 0 Å². The molecule has 0 saturated heterocycles. The van der Waals surface area contributed by atoms with Crippen molar-refractivity contribution in [1.29, 1.82) is 0 Å². The van der Waals surface area contributed by atoms with E-state index in [1.807, 2.05) is 37.5 Å². The monoisotopic (exact) mass is 241 g/mol. The fourth-order valence-corrected chi connectivity index (χ4v) is 2.02. The number of pyridine rings is 1. The third-order valence-electron chi connectivity index (χ3n) is 3.15. The van der Waals surface area contributed by atoms with Crippen molar-refractivity contribution in [2.45, 2.75) is 20.4 Å². The summed E-state index contributed by atoms with van der Waals surface area (Å²) < 4.78 is 0. The number of hydrogen-bond acceptors (Lipinski definition) is 3. The summed E-state index contributed by atoms with van der Waals surface area (Å²) in [5.74, 6) is 0. The zero-order valence-corrected chi connectivity index (χ0v) is 10.9. The Balaban J connectivity index is 2.26. The van der Waals surface area contributed by atoms with Crippen LogP contribution in [-0.4, -0.2) is 11.5 Å². The zero-order valence-electron chi connectivity index (χ0n) is 10.9. The fraction of sp³-hybridized carbons (Fsp3) is 0.267. The molecule has 3 heteroatoms. The van der Waals surface area contributed by atoms with E-state index in [0.29, 0.717) is 0 Å². The number of anilines is 2. The smallest absolute Gasteiger partial charge is 0.0605 e. The van der Waals surface area contributed by atoms with Gasteiger partial charge in [0.25, 0.3) is 0 Å². The third kappa shape index (κ3) is 2.62. The normalized spacial score (nSPS) is 10.3. The van der Waals surface area contributed by atoms with Crippen LogP contribution in [0.2, 0.25) is 0 Å². The second kappa shape index (κ2) is 5.54. The molecule has 0 spiro atoms. The molecule has 0 aliphatic carbocycles. The molecular weight excluding hydrogens is 222 g/mol. The van der Waals surface area contributed by atoms with Crippen LogP contribution in [0.25, 0.3) is 0 Å². The Bertz CT molecular complexity index is 508. The first kappa shape index (κ1) is 12.4. The molecule has 18 heavy (non-hydrogen) atoms. The summed E-state index contributed by atoms with van der Waals surface area (Å²) in [4.78, 5) is 6.32. The average Bonchev–Trinajstić information content (AvgIpc) is 2.41. The molecule has 1 heterocycles. The summed E-state index contributed by atoms with van der Waals surface area (Å²) in [6.07, 6.45) is 3.64. The van der Waals surface area contributed by atoms with Gasteiger partial charge in [0.1, 0.15) is 0 Å². The Morgan fingerprint density at radius 1 is 1.17 bits per heavy atom. The van der Waals surface area contributed by atoms with E-state index in [1.165, 1.54) is 5.56 Å². The molecule has 0 bridgehead atoms. The van der Waals surface area contributed by atoms with Crippen LogP contribution >= 0.6 is 0 Å². The van der Waals surface area contributed by atoms with Crippen molar-refractivity contribution >= 4 is 11.4 Å². The number of rotatable bonds is 4. The highest BCUT2D eigenvalue weighted by Crippen LogP contribution is 2.27. The average molecular weight is 241 g/mol. The number of nitrogens with zero attached hydrogens (tertiary/aromatic N) is 2. The van der Waals surface area contributed by atoms with Crippen molar-refractivity contribution in [3.63, 3.8) is 0 Å². The number of aromatic nitrogens is 1. The Kier molecular flexibility index (Phi) is 3.82. The predicted octanol–water partition coefficient (Wildman–Crippen LogP) is 3.00. The molecule has 2 aromatic rings. The number of hydrogen-bond donors (Lipinski definition) is 1. The lowest BCUT2D eigenvalue weighted by atomic mass is 10.1. The quantitative estimate of drug-likeness (QED) is 0.837. The first-order chi connectivity index (χ1) is 8.72. The second-order valence-corrected chi connectivity index (χ2v) is 4.38. The molecule has 3 nitrogen and oxygen atoms in total. The molecule has 94 valence electrons. The van der Waals surface area contributed by atoms with Gasteiger partial charge in [-0.1, -0.05) is 12.1 Å². The molecule has 0 radical (unpaired) electrons. The number of benzene rings is 1. The van der Waals surface area contributed by atoms with E-state index >= 15 is 0 Å². The van der Waals surface area contributed by atoms with Crippen molar-refractivity contribution in [3.05, 3.63) is 53.9 Å². The Morgan fingerprint density at radius 3 is 2.56 bits per heavy atom. The molecule has 0 aliphatic heterocycles. The maximum atomic E-state index is 6.16. The van der Waals surface area contributed by atoms with Crippen LogP contribution in [0.4, 0.5) is 11.4 Å². The van der Waals surface area contributed by atoms with Gasteiger partial charge in [0.15, 0.2) is 0 Å². The predicted molar refractivity (Wildman–Crippen MR) is 76.6 cm³/mol. The molecule has 1 aromatic carbocycles. The number of para-hydroxylation sites is 1. The van der Waals surface area contributed by atoms with Gasteiger partial charge in [0.05, 0.1) is 11.4 Å². The van der Waals surface area contributed by atoms with Crippen LogP contribution in [0.15, 0.2) is 42.7 Å². The van der Waals surface area contributed by atoms with Gasteiger partial charge in [0.2, 0.25) is 0 Å². The highest BCUT2D eigenvalue weighted by molar-refractivity contribution is 5.70. The van der Waals surface area contributed by atoms with Gasteiger partial charge in [0, 0.05) is 25.5 Å². The Morgan fingerprint density at radius 2 is 1.89 bits per heavy atom. The van der Waals surface area contributed by atoms with Gasteiger partial charge in [-0.05, 0) is 43.2 Å². The lowest BCUT2D eigenvalue weighted by Gasteiger charge is -2.25. The van der Waals surface area contributed by atoms with Crippen LogP contribution < -0.4 is 10.6 Å². The highest BCUT2D eigenvalue weighted by Gasteiger charge is 2.09. The summed E-state index contributed by atoms with van der Waals surface area (Å²) in [7, 11) is 0. The molecule has 0 atom stereocenters. The van der Waals surface area contributed by atoms with Gasteiger partial charge >= 0.3 is 0 Å². The fourth-order valence-electron chi connectivity index (χ4n) is 2.02. The second-order valence-electron chi connectivity index (χ2n) is 4.38. The largest absolute Gasteiger partial charge is 0.397 e. The zero-order chi connectivity index (χ0) is 13.0. The van der Waals surface area contributed by atoms with E-state index in [9.17, 15) is 0 Å². The summed E-state index contributed by atoms with van der Waals surface area (Å²) >= 11 is 0. The van der Waals surface area contributed by atoms with E-state index < -0.39 is 0 Å². The lowest BCUT2D eigenvalue weighted by molar-refractivity contribution is 0.831. The molecule has 0 aliphatic rings. The highest BCUT2D eigenvalue weighted by atomic mass is 15.1. The molecule has 0 unspecified atom stereocenters. The molecule has 1 aromatic heterocycles. The Hall–Kier alpha value is -2.03. The van der Waals surface area contributed by atoms with Crippen LogP contribution in [0, 0.1) is 6.92 Å². The van der Waals surface area contributed by atoms with Gasteiger partial charge in [-0.2, -0.15) is 0 Å². The number of aryl methyl sites for hydroxylation is 1. The van der Waals surface area contributed by atoms with Crippen LogP contribution in [0.5, 0.6) is 0 Å².